The first-order valence-corrected chi connectivity index (χ1v) is 11.6. The highest BCUT2D eigenvalue weighted by atomic mass is 35.5. The summed E-state index contributed by atoms with van der Waals surface area (Å²) in [5.74, 6) is -0.553. The molecule has 3 fully saturated rings. The van der Waals surface area contributed by atoms with Gasteiger partial charge >= 0.3 is 5.97 Å². The molecule has 5 nitrogen and oxygen atoms in total. The predicted molar refractivity (Wildman–Crippen MR) is 113 cm³/mol. The molecule has 0 aromatic rings. The van der Waals surface area contributed by atoms with E-state index in [1.54, 1.807) is 19.1 Å². The van der Waals surface area contributed by atoms with Crippen molar-refractivity contribution in [2.45, 2.75) is 71.0 Å². The number of esters is 1. The smallest absolute Gasteiger partial charge is 0.306 e. The molecule has 4 aliphatic carbocycles. The Morgan fingerprint density at radius 1 is 1.30 bits per heavy atom. The van der Waals surface area contributed by atoms with Crippen LogP contribution in [-0.2, 0) is 19.1 Å². The molecular formula is C24H31ClO5. The van der Waals surface area contributed by atoms with Crippen molar-refractivity contribution in [3.05, 3.63) is 23.8 Å². The van der Waals surface area contributed by atoms with Gasteiger partial charge in [-0.15, -0.1) is 11.6 Å². The maximum atomic E-state index is 13.1. The zero-order chi connectivity index (χ0) is 21.9. The van der Waals surface area contributed by atoms with Crippen molar-refractivity contribution in [2.24, 2.45) is 28.6 Å². The Kier molecular flexibility index (Phi) is 5.30. The van der Waals surface area contributed by atoms with Gasteiger partial charge in [-0.25, -0.2) is 0 Å². The van der Waals surface area contributed by atoms with Crippen LogP contribution < -0.4 is 0 Å². The Morgan fingerprint density at radius 2 is 2.03 bits per heavy atom. The van der Waals surface area contributed by atoms with Gasteiger partial charge in [0.15, 0.2) is 17.2 Å². The number of rotatable bonds is 4. The summed E-state index contributed by atoms with van der Waals surface area (Å²) in [6.45, 7) is 5.84. The zero-order valence-electron chi connectivity index (χ0n) is 17.9. The van der Waals surface area contributed by atoms with Gasteiger partial charge in [-0.1, -0.05) is 32.4 Å². The van der Waals surface area contributed by atoms with E-state index in [0.717, 1.165) is 24.8 Å². The maximum absolute atomic E-state index is 13.1. The molecule has 3 saturated carbocycles. The molecule has 0 aliphatic heterocycles. The summed E-state index contributed by atoms with van der Waals surface area (Å²) in [6, 6.07) is 0. The molecule has 1 N–H and O–H groups in total. The average Bonchev–Trinajstić information content (AvgIpc) is 3.00. The lowest BCUT2D eigenvalue weighted by atomic mass is 9.46. The van der Waals surface area contributed by atoms with E-state index in [2.05, 4.69) is 6.92 Å². The topological polar surface area (TPSA) is 80.7 Å². The first-order chi connectivity index (χ1) is 14.1. The molecule has 0 spiro atoms. The monoisotopic (exact) mass is 434 g/mol. The molecule has 7 atom stereocenters. The van der Waals surface area contributed by atoms with Gasteiger partial charge in [-0.2, -0.15) is 0 Å². The Labute approximate surface area is 182 Å². The number of carbonyl (C=O) groups excluding carboxylic acids is 3. The van der Waals surface area contributed by atoms with Crippen LogP contribution in [0.15, 0.2) is 23.8 Å². The van der Waals surface area contributed by atoms with Crippen LogP contribution in [0.4, 0.5) is 0 Å². The molecule has 6 heteroatoms. The summed E-state index contributed by atoms with van der Waals surface area (Å²) >= 11 is 5.99. The van der Waals surface area contributed by atoms with Gasteiger partial charge in [-0.05, 0) is 56.1 Å². The van der Waals surface area contributed by atoms with Gasteiger partial charge in [0, 0.05) is 23.2 Å². The molecule has 1 unspecified atom stereocenters. The van der Waals surface area contributed by atoms with Crippen molar-refractivity contribution in [3.8, 4) is 0 Å². The van der Waals surface area contributed by atoms with E-state index in [-0.39, 0.29) is 47.0 Å². The second kappa shape index (κ2) is 7.30. The third kappa shape index (κ3) is 2.81. The number of aliphatic hydroxyl groups is 1. The zero-order valence-corrected chi connectivity index (χ0v) is 18.7. The first-order valence-electron chi connectivity index (χ1n) is 11.1. The molecule has 30 heavy (non-hydrogen) atoms. The summed E-state index contributed by atoms with van der Waals surface area (Å²) in [7, 11) is 0. The van der Waals surface area contributed by atoms with E-state index in [4.69, 9.17) is 16.3 Å². The second-order valence-electron chi connectivity index (χ2n) is 9.96. The Morgan fingerprint density at radius 3 is 2.70 bits per heavy atom. The summed E-state index contributed by atoms with van der Waals surface area (Å²) in [4.78, 5) is 37.3. The van der Waals surface area contributed by atoms with Gasteiger partial charge < -0.3 is 9.84 Å². The van der Waals surface area contributed by atoms with Crippen LogP contribution in [0.3, 0.4) is 0 Å². The number of Topliss-reactive ketones (excluding diaryl/α,β-unsaturated/α-hetero) is 1. The lowest BCUT2D eigenvalue weighted by molar-refractivity contribution is -0.197. The number of alkyl halides is 1. The van der Waals surface area contributed by atoms with Crippen LogP contribution in [0, 0.1) is 28.6 Å². The average molecular weight is 435 g/mol. The summed E-state index contributed by atoms with van der Waals surface area (Å²) in [5, 5.41) is 11.4. The van der Waals surface area contributed by atoms with Crippen molar-refractivity contribution in [3.63, 3.8) is 0 Å². The molecule has 0 saturated heterocycles. The van der Waals surface area contributed by atoms with E-state index in [0.29, 0.717) is 12.8 Å². The van der Waals surface area contributed by atoms with E-state index < -0.39 is 23.1 Å². The van der Waals surface area contributed by atoms with Gasteiger partial charge in [0.05, 0.1) is 12.0 Å². The fraction of sp³-hybridized carbons (Fsp3) is 0.708. The number of allylic oxidation sites excluding steroid dienone is 4. The molecule has 0 aromatic heterocycles. The maximum Gasteiger partial charge on any atom is 0.306 e. The number of aliphatic hydroxyl groups excluding tert-OH is 1. The lowest BCUT2D eigenvalue weighted by Crippen LogP contribution is -2.62. The summed E-state index contributed by atoms with van der Waals surface area (Å²) in [5.41, 5.74) is -1.19. The highest BCUT2D eigenvalue weighted by molar-refractivity contribution is 6.29. The van der Waals surface area contributed by atoms with Crippen LogP contribution in [-0.4, -0.2) is 40.2 Å². The fourth-order valence-corrected chi connectivity index (χ4v) is 7.59. The van der Waals surface area contributed by atoms with Crippen LogP contribution in [0.1, 0.15) is 59.3 Å². The minimum atomic E-state index is -1.27. The molecule has 0 heterocycles. The molecule has 4 aliphatic rings. The summed E-state index contributed by atoms with van der Waals surface area (Å²) in [6.07, 6.45) is 8.11. The van der Waals surface area contributed by atoms with Crippen molar-refractivity contribution in [1.29, 1.82) is 0 Å². The third-order valence-corrected chi connectivity index (χ3v) is 9.01. The molecular weight excluding hydrogens is 404 g/mol. The lowest BCUT2D eigenvalue weighted by Gasteiger charge is -2.59. The van der Waals surface area contributed by atoms with Crippen LogP contribution >= 0.6 is 11.6 Å². The Bertz CT molecular complexity index is 847. The predicted octanol–water partition coefficient (Wildman–Crippen LogP) is 3.77. The number of carbonyl (C=O) groups is 3. The van der Waals surface area contributed by atoms with Crippen molar-refractivity contribution < 1.29 is 24.2 Å². The Hall–Kier alpha value is -1.46. The second-order valence-corrected chi connectivity index (χ2v) is 10.2. The van der Waals surface area contributed by atoms with E-state index in [1.807, 2.05) is 13.0 Å². The SMILES string of the molecule is CCC(=O)O[C@]1(C(=O)CCl)CC[C@H]2[C@@H]3CCC4=CC(=O)C=C[C@]4(C)[C@H]3C(O)C[C@@]21C. The van der Waals surface area contributed by atoms with Crippen LogP contribution in [0.25, 0.3) is 0 Å². The van der Waals surface area contributed by atoms with Crippen molar-refractivity contribution in [2.75, 3.05) is 5.88 Å². The number of hydrogen-bond donors (Lipinski definition) is 1. The van der Waals surface area contributed by atoms with E-state index >= 15 is 0 Å². The van der Waals surface area contributed by atoms with Crippen LogP contribution in [0.2, 0.25) is 0 Å². The quantitative estimate of drug-likeness (QED) is 0.538. The molecule has 0 bridgehead atoms. The van der Waals surface area contributed by atoms with Gasteiger partial charge in [0.2, 0.25) is 0 Å². The number of ether oxygens (including phenoxy) is 1. The molecule has 164 valence electrons. The van der Waals surface area contributed by atoms with Crippen molar-refractivity contribution >= 4 is 29.1 Å². The van der Waals surface area contributed by atoms with Gasteiger partial charge in [0.1, 0.15) is 0 Å². The molecule has 0 aromatic carbocycles. The number of fused-ring (bicyclic) bond motifs is 5. The molecule has 0 radical (unpaired) electrons. The molecule has 4 rings (SSSR count). The highest BCUT2D eigenvalue weighted by Gasteiger charge is 2.70. The first kappa shape index (κ1) is 21.8. The Balaban J connectivity index is 1.76. The minimum absolute atomic E-state index is 0.00938. The van der Waals surface area contributed by atoms with Crippen LogP contribution in [0.5, 0.6) is 0 Å². The number of halogens is 1. The number of hydrogen-bond acceptors (Lipinski definition) is 5. The summed E-state index contributed by atoms with van der Waals surface area (Å²) < 4.78 is 5.89. The van der Waals surface area contributed by atoms with E-state index in [9.17, 15) is 19.5 Å². The van der Waals surface area contributed by atoms with Gasteiger partial charge in [0.25, 0.3) is 0 Å². The van der Waals surface area contributed by atoms with Gasteiger partial charge in [-0.3, -0.25) is 14.4 Å². The standard InChI is InChI=1S/C24H31ClO5/c1-4-20(29)30-24(19(28)13-25)10-8-17-16-6-5-14-11-15(26)7-9-22(14,2)21(16)18(27)12-23(17,24)3/h7,9,11,16-18,21,27H,4-6,8,10,12-13H2,1-3H3/t16-,17-,18?,21+,22-,23-,24-/m0/s1. The van der Waals surface area contributed by atoms with Crippen molar-refractivity contribution in [1.82, 2.24) is 0 Å². The third-order valence-electron chi connectivity index (χ3n) is 8.76. The molecule has 0 amide bonds. The van der Waals surface area contributed by atoms with E-state index in [1.165, 1.54) is 0 Å². The normalized spacial score (nSPS) is 44.6. The largest absolute Gasteiger partial charge is 0.450 e. The number of ketones is 2. The fourth-order valence-electron chi connectivity index (χ4n) is 7.37. The highest BCUT2D eigenvalue weighted by Crippen LogP contribution is 2.67. The minimum Gasteiger partial charge on any atom is -0.450 e.